The normalized spacial score (nSPS) is 16.6. The van der Waals surface area contributed by atoms with Crippen molar-refractivity contribution in [1.29, 1.82) is 0 Å². The highest BCUT2D eigenvalue weighted by atomic mass is 16.5. The highest BCUT2D eigenvalue weighted by Crippen LogP contribution is 2.27. The molecule has 2 aromatic carbocycles. The van der Waals surface area contributed by atoms with Crippen LogP contribution in [0, 0.1) is 6.92 Å². The van der Waals surface area contributed by atoms with Crippen molar-refractivity contribution >= 4 is 22.6 Å². The second-order valence-corrected chi connectivity index (χ2v) is 6.80. The Morgan fingerprint density at radius 3 is 3.04 bits per heavy atom. The predicted octanol–water partition coefficient (Wildman–Crippen LogP) is 3.88. The van der Waals surface area contributed by atoms with Gasteiger partial charge in [-0.05, 0) is 49.6 Å². The molecule has 1 aromatic heterocycles. The summed E-state index contributed by atoms with van der Waals surface area (Å²) in [5.41, 5.74) is 3.02. The van der Waals surface area contributed by atoms with Gasteiger partial charge in [0.2, 0.25) is 5.91 Å². The third-order valence-electron chi connectivity index (χ3n) is 4.64. The summed E-state index contributed by atoms with van der Waals surface area (Å²) in [6.07, 6.45) is 2.33. The molecule has 1 atom stereocenters. The topological polar surface area (TPSA) is 73.6 Å². The first-order valence-electron chi connectivity index (χ1n) is 9.17. The van der Waals surface area contributed by atoms with E-state index in [9.17, 15) is 4.79 Å². The average Bonchev–Trinajstić information content (AvgIpc) is 3.32. The van der Waals surface area contributed by atoms with Gasteiger partial charge in [-0.1, -0.05) is 23.4 Å². The molecule has 0 unspecified atom stereocenters. The molecule has 1 N–H and O–H groups in total. The number of carbonyl (C=O) groups is 1. The number of benzene rings is 2. The van der Waals surface area contributed by atoms with E-state index in [0.29, 0.717) is 29.3 Å². The van der Waals surface area contributed by atoms with Crippen molar-refractivity contribution in [2.75, 3.05) is 18.5 Å². The lowest BCUT2D eigenvalue weighted by molar-refractivity contribution is -0.115. The largest absolute Gasteiger partial charge is 0.489 e. The lowest BCUT2D eigenvalue weighted by Gasteiger charge is -2.16. The van der Waals surface area contributed by atoms with Crippen LogP contribution in [0.1, 0.15) is 24.1 Å². The molecule has 140 valence electrons. The molecule has 1 aliphatic rings. The van der Waals surface area contributed by atoms with Crippen LogP contribution in [-0.2, 0) is 16.0 Å². The molecular formula is C21H22N2O4. The fourth-order valence-electron chi connectivity index (χ4n) is 3.22. The lowest BCUT2D eigenvalue weighted by atomic mass is 10.1. The first-order chi connectivity index (χ1) is 13.2. The van der Waals surface area contributed by atoms with E-state index in [1.165, 1.54) is 0 Å². The molecule has 6 heteroatoms. The van der Waals surface area contributed by atoms with Gasteiger partial charge in [-0.25, -0.2) is 0 Å². The SMILES string of the molecule is Cc1ccc(NC(=O)Cc2noc3ccccc23)c(OC[C@@H]2CCCO2)c1. The van der Waals surface area contributed by atoms with E-state index < -0.39 is 0 Å². The van der Waals surface area contributed by atoms with Crippen molar-refractivity contribution in [2.24, 2.45) is 0 Å². The molecule has 1 aliphatic heterocycles. The summed E-state index contributed by atoms with van der Waals surface area (Å²) < 4.78 is 16.8. The van der Waals surface area contributed by atoms with Crippen LogP contribution in [0.3, 0.4) is 0 Å². The van der Waals surface area contributed by atoms with Crippen LogP contribution in [0.2, 0.25) is 0 Å². The number of nitrogens with one attached hydrogen (secondary N) is 1. The van der Waals surface area contributed by atoms with Gasteiger partial charge in [0.1, 0.15) is 18.1 Å². The van der Waals surface area contributed by atoms with E-state index in [1.807, 2.05) is 49.4 Å². The number of anilines is 1. The summed E-state index contributed by atoms with van der Waals surface area (Å²) in [5.74, 6) is 0.490. The highest BCUT2D eigenvalue weighted by Gasteiger charge is 2.18. The minimum Gasteiger partial charge on any atom is -0.489 e. The van der Waals surface area contributed by atoms with Gasteiger partial charge in [-0.2, -0.15) is 0 Å². The van der Waals surface area contributed by atoms with Crippen LogP contribution in [-0.4, -0.2) is 30.4 Å². The molecule has 0 aliphatic carbocycles. The molecule has 4 rings (SSSR count). The van der Waals surface area contributed by atoms with Crippen molar-refractivity contribution in [2.45, 2.75) is 32.3 Å². The number of para-hydroxylation sites is 1. The fraction of sp³-hybridized carbons (Fsp3) is 0.333. The van der Waals surface area contributed by atoms with E-state index in [-0.39, 0.29) is 18.4 Å². The molecule has 1 fully saturated rings. The van der Waals surface area contributed by atoms with E-state index in [4.69, 9.17) is 14.0 Å². The average molecular weight is 366 g/mol. The van der Waals surface area contributed by atoms with Crippen molar-refractivity contribution in [1.82, 2.24) is 5.16 Å². The van der Waals surface area contributed by atoms with E-state index in [1.54, 1.807) is 0 Å². The van der Waals surface area contributed by atoms with E-state index in [0.717, 1.165) is 30.4 Å². The van der Waals surface area contributed by atoms with Gasteiger partial charge in [0.15, 0.2) is 5.58 Å². The highest BCUT2D eigenvalue weighted by molar-refractivity contribution is 5.95. The first kappa shape index (κ1) is 17.5. The van der Waals surface area contributed by atoms with Crippen LogP contribution in [0.5, 0.6) is 5.75 Å². The number of hydrogen-bond acceptors (Lipinski definition) is 5. The van der Waals surface area contributed by atoms with Crippen LogP contribution in [0.4, 0.5) is 5.69 Å². The number of aromatic nitrogens is 1. The summed E-state index contributed by atoms with van der Waals surface area (Å²) in [7, 11) is 0. The summed E-state index contributed by atoms with van der Waals surface area (Å²) in [5, 5.41) is 7.80. The van der Waals surface area contributed by atoms with Gasteiger partial charge >= 0.3 is 0 Å². The third kappa shape index (κ3) is 4.11. The smallest absolute Gasteiger partial charge is 0.230 e. The number of aryl methyl sites for hydroxylation is 1. The molecule has 0 radical (unpaired) electrons. The van der Waals surface area contributed by atoms with Gasteiger partial charge in [-0.3, -0.25) is 4.79 Å². The van der Waals surface area contributed by atoms with Crippen molar-refractivity contribution < 1.29 is 18.8 Å². The van der Waals surface area contributed by atoms with Gasteiger partial charge in [0, 0.05) is 12.0 Å². The minimum absolute atomic E-state index is 0.121. The summed E-state index contributed by atoms with van der Waals surface area (Å²) >= 11 is 0. The fourth-order valence-corrected chi connectivity index (χ4v) is 3.22. The number of nitrogens with zero attached hydrogens (tertiary/aromatic N) is 1. The Hall–Kier alpha value is -2.86. The molecule has 3 aromatic rings. The monoisotopic (exact) mass is 366 g/mol. The first-order valence-corrected chi connectivity index (χ1v) is 9.17. The maximum atomic E-state index is 12.5. The van der Waals surface area contributed by atoms with Crippen LogP contribution < -0.4 is 10.1 Å². The molecular weight excluding hydrogens is 344 g/mol. The number of hydrogen-bond donors (Lipinski definition) is 1. The van der Waals surface area contributed by atoms with Gasteiger partial charge < -0.3 is 19.3 Å². The third-order valence-corrected chi connectivity index (χ3v) is 4.64. The number of fused-ring (bicyclic) bond motifs is 1. The molecule has 1 saturated heterocycles. The van der Waals surface area contributed by atoms with Crippen molar-refractivity contribution in [3.63, 3.8) is 0 Å². The Morgan fingerprint density at radius 2 is 2.19 bits per heavy atom. The predicted molar refractivity (Wildman–Crippen MR) is 102 cm³/mol. The lowest BCUT2D eigenvalue weighted by Crippen LogP contribution is -2.19. The maximum Gasteiger partial charge on any atom is 0.230 e. The number of rotatable bonds is 6. The van der Waals surface area contributed by atoms with Crippen molar-refractivity contribution in [3.05, 3.63) is 53.7 Å². The summed E-state index contributed by atoms with van der Waals surface area (Å²) in [4.78, 5) is 12.5. The Labute approximate surface area is 157 Å². The maximum absolute atomic E-state index is 12.5. The molecule has 2 heterocycles. The van der Waals surface area contributed by atoms with Gasteiger partial charge in [0.25, 0.3) is 0 Å². The zero-order chi connectivity index (χ0) is 18.6. The summed E-state index contributed by atoms with van der Waals surface area (Å²) in [6, 6.07) is 13.2. The molecule has 1 amide bonds. The Kier molecular flexibility index (Phi) is 5.07. The minimum atomic E-state index is -0.167. The zero-order valence-corrected chi connectivity index (χ0v) is 15.2. The van der Waals surface area contributed by atoms with Crippen molar-refractivity contribution in [3.8, 4) is 5.75 Å². The van der Waals surface area contributed by atoms with Crippen LogP contribution >= 0.6 is 0 Å². The zero-order valence-electron chi connectivity index (χ0n) is 15.2. The Bertz CT molecular complexity index is 944. The molecule has 27 heavy (non-hydrogen) atoms. The van der Waals surface area contributed by atoms with E-state index in [2.05, 4.69) is 10.5 Å². The summed E-state index contributed by atoms with van der Waals surface area (Å²) in [6.45, 7) is 3.27. The molecule has 0 spiro atoms. The number of carbonyl (C=O) groups excluding carboxylic acids is 1. The quantitative estimate of drug-likeness (QED) is 0.717. The van der Waals surface area contributed by atoms with Crippen LogP contribution in [0.25, 0.3) is 11.0 Å². The molecule has 6 nitrogen and oxygen atoms in total. The van der Waals surface area contributed by atoms with Gasteiger partial charge in [-0.15, -0.1) is 0 Å². The number of ether oxygens (including phenoxy) is 2. The molecule has 0 saturated carbocycles. The second-order valence-electron chi connectivity index (χ2n) is 6.80. The Morgan fingerprint density at radius 1 is 1.30 bits per heavy atom. The van der Waals surface area contributed by atoms with Gasteiger partial charge in [0.05, 0.1) is 18.2 Å². The standard InChI is InChI=1S/C21H22N2O4/c1-14-8-9-17(20(11-14)26-13-15-5-4-10-25-15)22-21(24)12-18-16-6-2-3-7-19(16)27-23-18/h2-3,6-9,11,15H,4-5,10,12-13H2,1H3,(H,22,24)/t15-/m0/s1. The van der Waals surface area contributed by atoms with Crippen LogP contribution in [0.15, 0.2) is 47.0 Å². The van der Waals surface area contributed by atoms with E-state index >= 15 is 0 Å². The Balaban J connectivity index is 1.45. The second kappa shape index (κ2) is 7.80. The number of amides is 1. The molecule has 0 bridgehead atoms.